The van der Waals surface area contributed by atoms with Gasteiger partial charge in [-0.05, 0) is 66.2 Å². The Morgan fingerprint density at radius 3 is 1.04 bits per heavy atom. The van der Waals surface area contributed by atoms with Crippen molar-refractivity contribution < 1.29 is 18.9 Å². The standard InChI is InChI=1S/C20H20O4P2/c25-19-15-7-23-3-11(15)9-1-21-5-13(9)17(19)18-14-6-22-2-10(14)12-4-24-8-16(12)20(18)26/h1-8,25-26H2. The molecule has 4 heterocycles. The van der Waals surface area contributed by atoms with E-state index in [4.69, 9.17) is 18.9 Å². The zero-order valence-electron chi connectivity index (χ0n) is 14.4. The first-order chi connectivity index (χ1) is 12.8. The lowest BCUT2D eigenvalue weighted by Gasteiger charge is -2.22. The van der Waals surface area contributed by atoms with Crippen LogP contribution in [-0.2, 0) is 71.8 Å². The van der Waals surface area contributed by atoms with Gasteiger partial charge in [-0.2, -0.15) is 0 Å². The second-order valence-electron chi connectivity index (χ2n) is 7.38. The highest BCUT2D eigenvalue weighted by Crippen LogP contribution is 2.43. The number of hydrogen-bond acceptors (Lipinski definition) is 4. The highest BCUT2D eigenvalue weighted by atomic mass is 31.0. The molecular formula is C20H20O4P2. The summed E-state index contributed by atoms with van der Waals surface area (Å²) >= 11 is 0. The van der Waals surface area contributed by atoms with E-state index in [-0.39, 0.29) is 0 Å². The van der Waals surface area contributed by atoms with E-state index in [1.54, 1.807) is 0 Å². The molecule has 6 heteroatoms. The maximum absolute atomic E-state index is 5.88. The third-order valence-electron chi connectivity index (χ3n) is 6.20. The van der Waals surface area contributed by atoms with Crippen molar-refractivity contribution in [1.29, 1.82) is 0 Å². The molecule has 2 atom stereocenters. The van der Waals surface area contributed by atoms with Gasteiger partial charge in [0.1, 0.15) is 0 Å². The Morgan fingerprint density at radius 1 is 0.385 bits per heavy atom. The Kier molecular flexibility index (Phi) is 3.61. The van der Waals surface area contributed by atoms with Crippen molar-refractivity contribution in [3.05, 3.63) is 44.5 Å². The summed E-state index contributed by atoms with van der Waals surface area (Å²) in [4.78, 5) is 0. The van der Waals surface area contributed by atoms with E-state index in [0.717, 1.165) is 0 Å². The first-order valence-corrected chi connectivity index (χ1v) is 10.1. The number of benzene rings is 2. The maximum Gasteiger partial charge on any atom is 0.0731 e. The van der Waals surface area contributed by atoms with Crippen LogP contribution in [0, 0.1) is 0 Å². The maximum atomic E-state index is 5.88. The normalized spacial score (nSPS) is 19.6. The average Bonchev–Trinajstić information content (AvgIpc) is 3.42. The first kappa shape index (κ1) is 16.1. The van der Waals surface area contributed by atoms with E-state index in [9.17, 15) is 0 Å². The Morgan fingerprint density at radius 2 is 0.654 bits per heavy atom. The number of hydrogen-bond donors (Lipinski definition) is 0. The van der Waals surface area contributed by atoms with Crippen molar-refractivity contribution in [3.8, 4) is 11.1 Å². The molecule has 4 nitrogen and oxygen atoms in total. The minimum Gasteiger partial charge on any atom is -0.372 e. The van der Waals surface area contributed by atoms with Crippen molar-refractivity contribution in [2.45, 2.75) is 52.9 Å². The molecule has 134 valence electrons. The summed E-state index contributed by atoms with van der Waals surface area (Å²) in [6.45, 7) is 5.52. The number of fused-ring (bicyclic) bond motifs is 6. The Hall–Kier alpha value is -0.860. The van der Waals surface area contributed by atoms with Crippen LogP contribution in [0.3, 0.4) is 0 Å². The molecule has 0 bridgehead atoms. The molecule has 6 rings (SSSR count). The van der Waals surface area contributed by atoms with Gasteiger partial charge in [0.25, 0.3) is 0 Å². The van der Waals surface area contributed by atoms with Crippen molar-refractivity contribution in [2.75, 3.05) is 0 Å². The molecule has 0 aliphatic carbocycles. The molecular weight excluding hydrogens is 366 g/mol. The second-order valence-corrected chi connectivity index (χ2v) is 8.53. The summed E-state index contributed by atoms with van der Waals surface area (Å²) in [5, 5.41) is 2.52. The smallest absolute Gasteiger partial charge is 0.0731 e. The first-order valence-electron chi connectivity index (χ1n) is 8.97. The summed E-state index contributed by atoms with van der Waals surface area (Å²) in [5.41, 5.74) is 13.3. The molecule has 0 saturated heterocycles. The van der Waals surface area contributed by atoms with Crippen molar-refractivity contribution in [1.82, 2.24) is 0 Å². The van der Waals surface area contributed by atoms with Crippen molar-refractivity contribution >= 4 is 29.1 Å². The molecule has 0 aromatic heterocycles. The largest absolute Gasteiger partial charge is 0.372 e. The SMILES string of the molecule is Pc1c2c(c3c(c1-c1c(P)c4c(c5c1COC5)COC4)COC3)COC2. The van der Waals surface area contributed by atoms with E-state index in [1.807, 2.05) is 0 Å². The van der Waals surface area contributed by atoms with E-state index in [0.29, 0.717) is 52.9 Å². The highest BCUT2D eigenvalue weighted by molar-refractivity contribution is 7.29. The number of rotatable bonds is 1. The van der Waals surface area contributed by atoms with Crippen LogP contribution in [0.25, 0.3) is 11.1 Å². The Bertz CT molecular complexity index is 904. The molecule has 0 amide bonds. The molecule has 0 radical (unpaired) electrons. The lowest BCUT2D eigenvalue weighted by Crippen LogP contribution is -2.18. The number of ether oxygens (including phenoxy) is 4. The van der Waals surface area contributed by atoms with E-state index in [1.165, 1.54) is 66.2 Å². The summed E-state index contributed by atoms with van der Waals surface area (Å²) in [5.74, 6) is 0. The fourth-order valence-electron chi connectivity index (χ4n) is 4.92. The van der Waals surface area contributed by atoms with Crippen LogP contribution in [0.2, 0.25) is 0 Å². The second kappa shape index (κ2) is 5.82. The summed E-state index contributed by atoms with van der Waals surface area (Å²) in [7, 11) is 5.99. The summed E-state index contributed by atoms with van der Waals surface area (Å²) in [6.07, 6.45) is 0. The topological polar surface area (TPSA) is 36.9 Å². The molecule has 0 saturated carbocycles. The molecule has 0 N–H and O–H groups in total. The van der Waals surface area contributed by atoms with Crippen molar-refractivity contribution in [2.24, 2.45) is 0 Å². The van der Waals surface area contributed by atoms with Crippen LogP contribution in [0.5, 0.6) is 0 Å². The molecule has 0 spiro atoms. The minimum atomic E-state index is 0.673. The predicted molar refractivity (Wildman–Crippen MR) is 105 cm³/mol. The molecule has 4 aliphatic heterocycles. The zero-order chi connectivity index (χ0) is 17.4. The monoisotopic (exact) mass is 386 g/mol. The average molecular weight is 386 g/mol. The summed E-state index contributed by atoms with van der Waals surface area (Å²) in [6, 6.07) is 0. The van der Waals surface area contributed by atoms with Gasteiger partial charge in [0.2, 0.25) is 0 Å². The molecule has 4 aliphatic rings. The van der Waals surface area contributed by atoms with E-state index in [2.05, 4.69) is 18.5 Å². The third-order valence-corrected chi connectivity index (χ3v) is 7.47. The predicted octanol–water partition coefficient (Wildman–Crippen LogP) is 2.48. The van der Waals surface area contributed by atoms with Crippen LogP contribution in [0.15, 0.2) is 0 Å². The fraction of sp³-hybridized carbons (Fsp3) is 0.400. The van der Waals surface area contributed by atoms with Crippen molar-refractivity contribution in [3.63, 3.8) is 0 Å². The van der Waals surface area contributed by atoms with Crippen LogP contribution < -0.4 is 10.6 Å². The fourth-order valence-corrected chi connectivity index (χ4v) is 6.07. The van der Waals surface area contributed by atoms with Gasteiger partial charge in [-0.1, -0.05) is 0 Å². The molecule has 26 heavy (non-hydrogen) atoms. The van der Waals surface area contributed by atoms with Gasteiger partial charge in [-0.25, -0.2) is 0 Å². The van der Waals surface area contributed by atoms with Gasteiger partial charge >= 0.3 is 0 Å². The molecule has 2 unspecified atom stereocenters. The van der Waals surface area contributed by atoms with Crippen LogP contribution in [0.1, 0.15) is 44.5 Å². The van der Waals surface area contributed by atoms with E-state index >= 15 is 0 Å². The minimum absolute atomic E-state index is 0.673. The molecule has 2 aromatic carbocycles. The Labute approximate surface area is 156 Å². The quantitative estimate of drug-likeness (QED) is 0.706. The third kappa shape index (κ3) is 2.01. The highest BCUT2D eigenvalue weighted by Gasteiger charge is 2.34. The lowest BCUT2D eigenvalue weighted by molar-refractivity contribution is 0.126. The van der Waals surface area contributed by atoms with Gasteiger partial charge in [-0.3, -0.25) is 0 Å². The summed E-state index contributed by atoms with van der Waals surface area (Å²) < 4.78 is 23.3. The van der Waals surface area contributed by atoms with Gasteiger partial charge < -0.3 is 18.9 Å². The molecule has 2 aromatic rings. The van der Waals surface area contributed by atoms with Gasteiger partial charge in [-0.15, -0.1) is 18.5 Å². The van der Waals surface area contributed by atoms with Gasteiger partial charge in [0, 0.05) is 0 Å². The molecule has 0 fully saturated rings. The van der Waals surface area contributed by atoms with Crippen LogP contribution >= 0.6 is 18.5 Å². The van der Waals surface area contributed by atoms with Crippen LogP contribution in [-0.4, -0.2) is 0 Å². The van der Waals surface area contributed by atoms with Crippen LogP contribution in [0.4, 0.5) is 0 Å². The van der Waals surface area contributed by atoms with Gasteiger partial charge in [0.15, 0.2) is 0 Å². The zero-order valence-corrected chi connectivity index (χ0v) is 16.8. The van der Waals surface area contributed by atoms with Gasteiger partial charge in [0.05, 0.1) is 52.9 Å². The van der Waals surface area contributed by atoms with E-state index < -0.39 is 0 Å². The Balaban J connectivity index is 1.72. The lowest BCUT2D eigenvalue weighted by atomic mass is 9.85.